The Hall–Kier alpha value is -3.57. The Morgan fingerprint density at radius 1 is 0.966 bits per heavy atom. The van der Waals surface area contributed by atoms with Gasteiger partial charge in [-0.1, -0.05) is 54.1 Å². The van der Waals surface area contributed by atoms with E-state index in [1.54, 1.807) is 28.9 Å². The lowest BCUT2D eigenvalue weighted by atomic mass is 10.1. The molecule has 4 aromatic rings. The predicted octanol–water partition coefficient (Wildman–Crippen LogP) is 5.26. The number of esters is 1. The van der Waals surface area contributed by atoms with Crippen LogP contribution in [0.5, 0.6) is 5.75 Å². The van der Waals surface area contributed by atoms with E-state index >= 15 is 0 Å². The number of ether oxygens (including phenoxy) is 1. The Kier molecular flexibility index (Phi) is 5.31. The van der Waals surface area contributed by atoms with Crippen LogP contribution in [0.4, 0.5) is 0 Å². The van der Waals surface area contributed by atoms with Gasteiger partial charge >= 0.3 is 5.97 Å². The van der Waals surface area contributed by atoms with Crippen molar-refractivity contribution in [3.63, 3.8) is 0 Å². The Bertz CT molecular complexity index is 1140. The molecule has 0 saturated carbocycles. The number of nitrogens with zero attached hydrogens (tertiary/aromatic N) is 2. The monoisotopic (exact) mass is 404 g/mol. The third-order valence-electron chi connectivity index (χ3n) is 4.41. The summed E-state index contributed by atoms with van der Waals surface area (Å²) < 4.78 is 7.19. The maximum absolute atomic E-state index is 12.4. The van der Waals surface area contributed by atoms with E-state index in [1.807, 2.05) is 48.7 Å². The molecule has 0 fully saturated rings. The van der Waals surface area contributed by atoms with E-state index in [1.165, 1.54) is 12.1 Å². The van der Waals surface area contributed by atoms with Gasteiger partial charge in [-0.25, -0.2) is 9.48 Å². The number of hydrogen-bond acceptors (Lipinski definition) is 4. The van der Waals surface area contributed by atoms with Gasteiger partial charge in [-0.2, -0.15) is 5.10 Å². The maximum atomic E-state index is 12.4. The van der Waals surface area contributed by atoms with Gasteiger partial charge in [0, 0.05) is 22.3 Å². The third-order valence-corrected chi connectivity index (χ3v) is 4.66. The average Bonchev–Trinajstić information content (AvgIpc) is 3.18. The molecule has 144 valence electrons. The number of rotatable bonds is 5. The van der Waals surface area contributed by atoms with Crippen LogP contribution >= 0.6 is 11.6 Å². The lowest BCUT2D eigenvalue weighted by molar-refractivity contribution is 0.0470. The van der Waals surface area contributed by atoms with Crippen LogP contribution in [0.3, 0.4) is 0 Å². The van der Waals surface area contributed by atoms with Crippen LogP contribution in [-0.4, -0.2) is 20.9 Å². The standard InChI is InChI=1S/C23H17ClN2O3/c24-18-12-10-16(11-13-18)22-17(14-26(25-22)19-6-2-1-3-7-19)15-29-23(28)20-8-4-5-9-21(20)27/h1-14,27H,15H2. The van der Waals surface area contributed by atoms with Crippen molar-refractivity contribution in [1.82, 2.24) is 9.78 Å². The Balaban J connectivity index is 1.66. The first kappa shape index (κ1) is 18.8. The number of hydrogen-bond donors (Lipinski definition) is 1. The molecular weight excluding hydrogens is 388 g/mol. The van der Waals surface area contributed by atoms with Gasteiger partial charge in [0.2, 0.25) is 0 Å². The highest BCUT2D eigenvalue weighted by molar-refractivity contribution is 6.30. The Morgan fingerprint density at radius 2 is 1.66 bits per heavy atom. The number of carbonyl (C=O) groups is 1. The largest absolute Gasteiger partial charge is 0.507 e. The molecule has 0 aliphatic carbocycles. The SMILES string of the molecule is O=C(OCc1cn(-c2ccccc2)nc1-c1ccc(Cl)cc1)c1ccccc1O. The summed E-state index contributed by atoms with van der Waals surface area (Å²) in [5, 5.41) is 15.2. The summed E-state index contributed by atoms with van der Waals surface area (Å²) in [6, 6.07) is 23.3. The van der Waals surface area contributed by atoms with Crippen LogP contribution in [-0.2, 0) is 11.3 Å². The van der Waals surface area contributed by atoms with Crippen LogP contribution in [0.1, 0.15) is 15.9 Å². The minimum atomic E-state index is -0.599. The van der Waals surface area contributed by atoms with Crippen molar-refractivity contribution < 1.29 is 14.6 Å². The zero-order chi connectivity index (χ0) is 20.2. The first-order valence-electron chi connectivity index (χ1n) is 8.97. The van der Waals surface area contributed by atoms with Gasteiger partial charge in [-0.3, -0.25) is 0 Å². The fourth-order valence-corrected chi connectivity index (χ4v) is 3.07. The Morgan fingerprint density at radius 3 is 2.38 bits per heavy atom. The number of phenolic OH excluding ortho intramolecular Hbond substituents is 1. The zero-order valence-corrected chi connectivity index (χ0v) is 16.1. The van der Waals surface area contributed by atoms with Gasteiger partial charge in [-0.15, -0.1) is 0 Å². The summed E-state index contributed by atoms with van der Waals surface area (Å²) >= 11 is 6.01. The van der Waals surface area contributed by atoms with Crippen molar-refractivity contribution >= 4 is 17.6 Å². The van der Waals surface area contributed by atoms with Gasteiger partial charge < -0.3 is 9.84 Å². The van der Waals surface area contributed by atoms with Crippen molar-refractivity contribution in [2.75, 3.05) is 0 Å². The lowest BCUT2D eigenvalue weighted by Crippen LogP contribution is -2.05. The second-order valence-corrected chi connectivity index (χ2v) is 6.82. The first-order valence-corrected chi connectivity index (χ1v) is 9.34. The number of aromatic nitrogens is 2. The van der Waals surface area contributed by atoms with Crippen LogP contribution in [0.15, 0.2) is 85.1 Å². The van der Waals surface area contributed by atoms with E-state index in [2.05, 4.69) is 5.10 Å². The van der Waals surface area contributed by atoms with Crippen molar-refractivity contribution in [3.05, 3.63) is 101 Å². The molecule has 0 spiro atoms. The van der Waals surface area contributed by atoms with Gasteiger partial charge in [0.1, 0.15) is 17.9 Å². The van der Waals surface area contributed by atoms with Gasteiger partial charge in [0.05, 0.1) is 11.4 Å². The second-order valence-electron chi connectivity index (χ2n) is 6.38. The van der Waals surface area contributed by atoms with E-state index in [0.29, 0.717) is 10.7 Å². The molecule has 4 rings (SSSR count). The molecule has 0 aliphatic heterocycles. The van der Waals surface area contributed by atoms with Gasteiger partial charge in [0.25, 0.3) is 0 Å². The number of aromatic hydroxyl groups is 1. The third kappa shape index (κ3) is 4.15. The number of phenols is 1. The molecular formula is C23H17ClN2O3. The van der Waals surface area contributed by atoms with Crippen molar-refractivity contribution in [2.45, 2.75) is 6.61 Å². The molecule has 0 saturated heterocycles. The molecule has 3 aromatic carbocycles. The average molecular weight is 405 g/mol. The topological polar surface area (TPSA) is 64.4 Å². The smallest absolute Gasteiger partial charge is 0.342 e. The van der Waals surface area contributed by atoms with Crippen LogP contribution in [0, 0.1) is 0 Å². The molecule has 6 heteroatoms. The molecule has 5 nitrogen and oxygen atoms in total. The van der Waals surface area contributed by atoms with Crippen molar-refractivity contribution in [2.24, 2.45) is 0 Å². The summed E-state index contributed by atoms with van der Waals surface area (Å²) in [4.78, 5) is 12.4. The highest BCUT2D eigenvalue weighted by atomic mass is 35.5. The summed E-state index contributed by atoms with van der Waals surface area (Å²) in [6.45, 7) is 0.0119. The van der Waals surface area contributed by atoms with Crippen molar-refractivity contribution in [3.8, 4) is 22.7 Å². The molecule has 1 N–H and O–H groups in total. The van der Waals surface area contributed by atoms with E-state index < -0.39 is 5.97 Å². The number of carbonyl (C=O) groups excluding carboxylic acids is 1. The number of benzene rings is 3. The molecule has 0 unspecified atom stereocenters. The first-order chi connectivity index (χ1) is 14.1. The molecule has 0 bridgehead atoms. The molecule has 0 atom stereocenters. The van der Waals surface area contributed by atoms with E-state index in [0.717, 1.165) is 16.8 Å². The predicted molar refractivity (Wildman–Crippen MR) is 111 cm³/mol. The maximum Gasteiger partial charge on any atom is 0.342 e. The van der Waals surface area contributed by atoms with E-state index in [4.69, 9.17) is 16.3 Å². The lowest BCUT2D eigenvalue weighted by Gasteiger charge is -2.06. The number of halogens is 1. The van der Waals surface area contributed by atoms with Crippen molar-refractivity contribution in [1.29, 1.82) is 0 Å². The van der Waals surface area contributed by atoms with Gasteiger partial charge in [-0.05, 0) is 36.4 Å². The van der Waals surface area contributed by atoms with Crippen LogP contribution < -0.4 is 0 Å². The van der Waals surface area contributed by atoms with Gasteiger partial charge in [0.15, 0.2) is 0 Å². The highest BCUT2D eigenvalue weighted by Crippen LogP contribution is 2.26. The minimum Gasteiger partial charge on any atom is -0.507 e. The zero-order valence-electron chi connectivity index (χ0n) is 15.3. The molecule has 0 radical (unpaired) electrons. The van der Waals surface area contributed by atoms with E-state index in [9.17, 15) is 9.90 Å². The molecule has 0 aliphatic rings. The second kappa shape index (κ2) is 8.20. The summed E-state index contributed by atoms with van der Waals surface area (Å²) in [5.74, 6) is -0.715. The summed E-state index contributed by atoms with van der Waals surface area (Å²) in [6.07, 6.45) is 1.83. The van der Waals surface area contributed by atoms with E-state index in [-0.39, 0.29) is 17.9 Å². The molecule has 1 aromatic heterocycles. The minimum absolute atomic E-state index is 0.0119. The normalized spacial score (nSPS) is 10.7. The van der Waals surface area contributed by atoms with Crippen LogP contribution in [0.25, 0.3) is 16.9 Å². The summed E-state index contributed by atoms with van der Waals surface area (Å²) in [5.41, 5.74) is 3.30. The quantitative estimate of drug-likeness (QED) is 0.461. The summed E-state index contributed by atoms with van der Waals surface area (Å²) in [7, 11) is 0. The highest BCUT2D eigenvalue weighted by Gasteiger charge is 2.16. The van der Waals surface area contributed by atoms with Crippen LogP contribution in [0.2, 0.25) is 5.02 Å². The number of para-hydroxylation sites is 2. The molecule has 29 heavy (non-hydrogen) atoms. The fourth-order valence-electron chi connectivity index (χ4n) is 2.95. The Labute approximate surface area is 172 Å². The molecule has 0 amide bonds. The fraction of sp³-hybridized carbons (Fsp3) is 0.0435. The molecule has 1 heterocycles.